The van der Waals surface area contributed by atoms with E-state index < -0.39 is 29.9 Å². The Morgan fingerprint density at radius 2 is 1.72 bits per heavy atom. The number of rotatable bonds is 6. The Bertz CT molecular complexity index is 730. The van der Waals surface area contributed by atoms with Gasteiger partial charge in [0.2, 0.25) is 0 Å². The topological polar surface area (TPSA) is 104 Å². The normalized spacial score (nSPS) is 14.6. The van der Waals surface area contributed by atoms with Crippen molar-refractivity contribution in [3.63, 3.8) is 0 Å². The van der Waals surface area contributed by atoms with Crippen molar-refractivity contribution in [1.82, 2.24) is 15.4 Å². The zero-order chi connectivity index (χ0) is 18.6. The summed E-state index contributed by atoms with van der Waals surface area (Å²) in [5, 5.41) is 20.5. The molecule has 1 aromatic heterocycles. The van der Waals surface area contributed by atoms with Gasteiger partial charge >= 0.3 is 0 Å². The number of alkyl halides is 2. The molecular formula is C16H17F2N3O4. The molecule has 0 saturated carbocycles. The molecule has 7 nitrogen and oxygen atoms in total. The number of aliphatic hydroxyl groups is 1. The second kappa shape index (κ2) is 7.41. The fraction of sp³-hybridized carbons (Fsp3) is 0.250. The van der Waals surface area contributed by atoms with E-state index in [4.69, 9.17) is 5.21 Å². The summed E-state index contributed by atoms with van der Waals surface area (Å²) < 4.78 is 27.7. The first-order valence-corrected chi connectivity index (χ1v) is 7.26. The molecule has 25 heavy (non-hydrogen) atoms. The number of carbonyl (C=O) groups is 2. The van der Waals surface area contributed by atoms with E-state index in [0.29, 0.717) is 6.92 Å². The zero-order valence-corrected chi connectivity index (χ0v) is 13.2. The van der Waals surface area contributed by atoms with E-state index in [-0.39, 0.29) is 5.56 Å². The van der Waals surface area contributed by atoms with Gasteiger partial charge in [0.15, 0.2) is 5.60 Å². The fourth-order valence-corrected chi connectivity index (χ4v) is 2.17. The molecule has 0 saturated heterocycles. The van der Waals surface area contributed by atoms with Crippen LogP contribution in [0.15, 0.2) is 48.8 Å². The number of halogens is 2. The van der Waals surface area contributed by atoms with Crippen LogP contribution in [-0.4, -0.2) is 44.8 Å². The Morgan fingerprint density at radius 3 is 2.20 bits per heavy atom. The minimum Gasteiger partial charge on any atom is -0.381 e. The van der Waals surface area contributed by atoms with E-state index in [9.17, 15) is 23.5 Å². The lowest BCUT2D eigenvalue weighted by Crippen LogP contribution is -2.61. The summed E-state index contributed by atoms with van der Waals surface area (Å²) in [5.41, 5.74) is -0.844. The summed E-state index contributed by atoms with van der Waals surface area (Å²) in [5.74, 6) is -2.21. The van der Waals surface area contributed by atoms with Gasteiger partial charge in [-0.2, -0.15) is 0 Å². The van der Waals surface area contributed by atoms with E-state index >= 15 is 0 Å². The van der Waals surface area contributed by atoms with Gasteiger partial charge in [-0.3, -0.25) is 14.8 Å². The van der Waals surface area contributed by atoms with Crippen LogP contribution in [0, 0.1) is 0 Å². The number of hydrogen-bond acceptors (Lipinski definition) is 4. The highest BCUT2D eigenvalue weighted by atomic mass is 19.3. The Morgan fingerprint density at radius 1 is 1.16 bits per heavy atom. The van der Waals surface area contributed by atoms with Gasteiger partial charge in [-0.1, -0.05) is 0 Å². The molecular weight excluding hydrogens is 336 g/mol. The summed E-state index contributed by atoms with van der Waals surface area (Å²) in [6, 6.07) is 7.73. The van der Waals surface area contributed by atoms with E-state index in [0.717, 1.165) is 11.2 Å². The molecule has 2 unspecified atom stereocenters. The maximum Gasteiger partial charge on any atom is 0.269 e. The number of nitrogens with zero attached hydrogens (tertiary/aromatic N) is 1. The molecule has 0 bridgehead atoms. The molecule has 134 valence electrons. The number of carbonyl (C=O) groups excluding carboxylic acids is 2. The van der Waals surface area contributed by atoms with E-state index in [1.54, 1.807) is 29.1 Å². The molecule has 2 amide bonds. The molecule has 9 heteroatoms. The van der Waals surface area contributed by atoms with Crippen molar-refractivity contribution in [3.8, 4) is 5.69 Å². The Kier molecular flexibility index (Phi) is 5.50. The lowest BCUT2D eigenvalue weighted by molar-refractivity contribution is -0.149. The van der Waals surface area contributed by atoms with Crippen LogP contribution < -0.4 is 10.8 Å². The lowest BCUT2D eigenvalue weighted by Gasteiger charge is -2.30. The summed E-state index contributed by atoms with van der Waals surface area (Å²) in [7, 11) is 0. The van der Waals surface area contributed by atoms with Gasteiger partial charge < -0.3 is 15.0 Å². The van der Waals surface area contributed by atoms with Crippen molar-refractivity contribution in [1.29, 1.82) is 0 Å². The summed E-state index contributed by atoms with van der Waals surface area (Å²) in [4.78, 5) is 23.8. The average molecular weight is 353 g/mol. The smallest absolute Gasteiger partial charge is 0.269 e. The molecule has 1 heterocycles. The number of aromatic nitrogens is 1. The van der Waals surface area contributed by atoms with Gasteiger partial charge in [0.05, 0.1) is 0 Å². The third-order valence-corrected chi connectivity index (χ3v) is 3.71. The van der Waals surface area contributed by atoms with Crippen LogP contribution in [0.2, 0.25) is 0 Å². The predicted molar refractivity (Wildman–Crippen MR) is 83.6 cm³/mol. The second-order valence-electron chi connectivity index (χ2n) is 5.55. The number of hydroxylamine groups is 1. The third kappa shape index (κ3) is 4.01. The SMILES string of the molecule is CC(O)(C(F)F)C(NC(=O)c1ccc(-n2cccc2)cc1)C(=O)NO. The van der Waals surface area contributed by atoms with E-state index in [2.05, 4.69) is 0 Å². The predicted octanol–water partition coefficient (Wildman–Crippen LogP) is 1.10. The first-order chi connectivity index (χ1) is 11.8. The van der Waals surface area contributed by atoms with Crippen molar-refractivity contribution < 1.29 is 28.7 Å². The van der Waals surface area contributed by atoms with Crippen LogP contribution >= 0.6 is 0 Å². The van der Waals surface area contributed by atoms with Crippen molar-refractivity contribution in [3.05, 3.63) is 54.4 Å². The molecule has 0 fully saturated rings. The first-order valence-electron chi connectivity index (χ1n) is 7.26. The highest BCUT2D eigenvalue weighted by Crippen LogP contribution is 2.20. The van der Waals surface area contributed by atoms with Crippen molar-refractivity contribution >= 4 is 11.8 Å². The molecule has 1 aromatic carbocycles. The van der Waals surface area contributed by atoms with Gasteiger partial charge in [0, 0.05) is 23.6 Å². The van der Waals surface area contributed by atoms with Gasteiger partial charge in [0.1, 0.15) is 6.04 Å². The minimum atomic E-state index is -3.33. The van der Waals surface area contributed by atoms with E-state index in [1.165, 1.54) is 12.1 Å². The molecule has 4 N–H and O–H groups in total. The van der Waals surface area contributed by atoms with Gasteiger partial charge in [0.25, 0.3) is 18.2 Å². The first kappa shape index (κ1) is 18.6. The van der Waals surface area contributed by atoms with Gasteiger partial charge in [-0.05, 0) is 43.3 Å². The summed E-state index contributed by atoms with van der Waals surface area (Å²) >= 11 is 0. The quantitative estimate of drug-likeness (QED) is 0.461. The van der Waals surface area contributed by atoms with Gasteiger partial charge in [-0.15, -0.1) is 0 Å². The van der Waals surface area contributed by atoms with Crippen LogP contribution in [0.25, 0.3) is 5.69 Å². The maximum atomic E-state index is 13.0. The third-order valence-electron chi connectivity index (χ3n) is 3.71. The highest BCUT2D eigenvalue weighted by Gasteiger charge is 2.46. The van der Waals surface area contributed by atoms with Crippen LogP contribution in [0.3, 0.4) is 0 Å². The second-order valence-corrected chi connectivity index (χ2v) is 5.55. The molecule has 0 aliphatic carbocycles. The molecule has 0 spiro atoms. The molecule has 0 radical (unpaired) electrons. The standard InChI is InChI=1S/C16H17F2N3O4/c1-16(24,15(17)18)12(14(23)20-25)19-13(22)10-4-6-11(7-5-10)21-8-2-3-9-21/h2-9,12,15,24-25H,1H3,(H,19,22)(H,20,23). The fourth-order valence-electron chi connectivity index (χ4n) is 2.17. The number of benzene rings is 1. The van der Waals surface area contributed by atoms with Crippen molar-refractivity contribution in [2.24, 2.45) is 0 Å². The Hall–Kier alpha value is -2.78. The minimum absolute atomic E-state index is 0.0942. The van der Waals surface area contributed by atoms with E-state index in [1.807, 2.05) is 17.4 Å². The Balaban J connectivity index is 2.19. The average Bonchev–Trinajstić information content (AvgIpc) is 3.13. The van der Waals surface area contributed by atoms with Gasteiger partial charge in [-0.25, -0.2) is 14.3 Å². The molecule has 2 aromatic rings. The van der Waals surface area contributed by atoms with Crippen LogP contribution in [-0.2, 0) is 4.79 Å². The molecule has 2 rings (SSSR count). The number of amides is 2. The molecule has 0 aliphatic rings. The molecule has 2 atom stereocenters. The monoisotopic (exact) mass is 353 g/mol. The lowest BCUT2D eigenvalue weighted by atomic mass is 9.95. The molecule has 0 aliphatic heterocycles. The number of hydrogen-bond donors (Lipinski definition) is 4. The number of nitrogens with one attached hydrogen (secondary N) is 2. The van der Waals surface area contributed by atoms with Crippen molar-refractivity contribution in [2.45, 2.75) is 25.0 Å². The largest absolute Gasteiger partial charge is 0.381 e. The maximum absolute atomic E-state index is 13.0. The van der Waals surface area contributed by atoms with Crippen LogP contribution in [0.1, 0.15) is 17.3 Å². The highest BCUT2D eigenvalue weighted by molar-refractivity contribution is 5.98. The Labute approximate surface area is 141 Å². The summed E-state index contributed by atoms with van der Waals surface area (Å²) in [6.07, 6.45) is 0.277. The van der Waals surface area contributed by atoms with Crippen molar-refractivity contribution in [2.75, 3.05) is 0 Å². The van der Waals surface area contributed by atoms with Crippen LogP contribution in [0.5, 0.6) is 0 Å². The van der Waals surface area contributed by atoms with Crippen LogP contribution in [0.4, 0.5) is 8.78 Å². The summed E-state index contributed by atoms with van der Waals surface area (Å²) in [6.45, 7) is 0.687. The zero-order valence-electron chi connectivity index (χ0n) is 13.2.